The molecule has 0 heterocycles. The predicted molar refractivity (Wildman–Crippen MR) is 96.3 cm³/mol. The van der Waals surface area contributed by atoms with E-state index in [1.807, 2.05) is 24.3 Å². The summed E-state index contributed by atoms with van der Waals surface area (Å²) >= 11 is 0. The fourth-order valence-electron chi connectivity index (χ4n) is 2.27. The van der Waals surface area contributed by atoms with Gasteiger partial charge in [-0.15, -0.1) is 0 Å². The van der Waals surface area contributed by atoms with Crippen LogP contribution in [0.1, 0.15) is 48.2 Å². The second kappa shape index (κ2) is 7.59. The van der Waals surface area contributed by atoms with Gasteiger partial charge in [0.25, 0.3) is 0 Å². The van der Waals surface area contributed by atoms with E-state index in [-0.39, 0.29) is 23.0 Å². The monoisotopic (exact) mass is 323 g/mol. The molecule has 0 aliphatic heterocycles. The Labute approximate surface area is 141 Å². The number of rotatable bonds is 5. The predicted octanol–water partition coefficient (Wildman–Crippen LogP) is 4.37. The zero-order valence-corrected chi connectivity index (χ0v) is 14.0. The molecular weight excluding hydrogens is 302 g/mol. The Kier molecular flexibility index (Phi) is 5.53. The van der Waals surface area contributed by atoms with E-state index in [0.29, 0.717) is 11.6 Å². The number of carbonyl (C=O) groups is 2. The van der Waals surface area contributed by atoms with Crippen LogP contribution in [0.2, 0.25) is 0 Å². The molecule has 0 saturated heterocycles. The van der Waals surface area contributed by atoms with Crippen molar-refractivity contribution in [2.75, 3.05) is 5.32 Å². The van der Waals surface area contributed by atoms with Gasteiger partial charge in [0.15, 0.2) is 5.78 Å². The molecule has 0 saturated carbocycles. The first-order chi connectivity index (χ1) is 11.4. The van der Waals surface area contributed by atoms with Crippen LogP contribution in [0, 0.1) is 0 Å². The van der Waals surface area contributed by atoms with Gasteiger partial charge in [-0.1, -0.05) is 44.2 Å². The molecule has 0 aromatic heterocycles. The number of ketones is 1. The van der Waals surface area contributed by atoms with Crippen molar-refractivity contribution in [3.63, 3.8) is 0 Å². The van der Waals surface area contributed by atoms with Crippen LogP contribution in [-0.4, -0.2) is 16.8 Å². The van der Waals surface area contributed by atoms with Gasteiger partial charge in [0.2, 0.25) is 5.91 Å². The first kappa shape index (κ1) is 17.5. The van der Waals surface area contributed by atoms with Crippen molar-refractivity contribution in [2.45, 2.75) is 26.7 Å². The van der Waals surface area contributed by atoms with E-state index in [1.54, 1.807) is 12.1 Å². The molecule has 0 atom stereocenters. The number of aromatic hydroxyl groups is 1. The van der Waals surface area contributed by atoms with Gasteiger partial charge in [-0.05, 0) is 41.3 Å². The number of anilines is 1. The normalized spacial score (nSPS) is 11.0. The quantitative estimate of drug-likeness (QED) is 0.488. The maximum absolute atomic E-state index is 12.3. The molecule has 2 aromatic carbocycles. The van der Waals surface area contributed by atoms with Crippen LogP contribution in [0.4, 0.5) is 5.69 Å². The van der Waals surface area contributed by atoms with Gasteiger partial charge >= 0.3 is 0 Å². The molecule has 1 amide bonds. The number of phenols is 1. The summed E-state index contributed by atoms with van der Waals surface area (Å²) in [6, 6.07) is 12.4. The average molecular weight is 323 g/mol. The minimum Gasteiger partial charge on any atom is -0.507 e. The maximum atomic E-state index is 12.3. The summed E-state index contributed by atoms with van der Waals surface area (Å²) < 4.78 is 0. The van der Waals surface area contributed by atoms with Gasteiger partial charge in [-0.2, -0.15) is 0 Å². The molecule has 124 valence electrons. The summed E-state index contributed by atoms with van der Waals surface area (Å²) in [7, 11) is 0. The Balaban J connectivity index is 2.18. The van der Waals surface area contributed by atoms with Gasteiger partial charge in [-0.3, -0.25) is 9.59 Å². The Morgan fingerprint density at radius 3 is 2.33 bits per heavy atom. The molecule has 0 spiro atoms. The van der Waals surface area contributed by atoms with Gasteiger partial charge in [0.05, 0.1) is 5.56 Å². The first-order valence-electron chi connectivity index (χ1n) is 7.80. The molecule has 0 unspecified atom stereocenters. The molecular formula is C20H21NO3. The zero-order chi connectivity index (χ0) is 17.7. The average Bonchev–Trinajstić information content (AvgIpc) is 2.54. The fraction of sp³-hybridized carbons (Fsp3) is 0.200. The smallest absolute Gasteiger partial charge is 0.221 e. The van der Waals surface area contributed by atoms with Crippen LogP contribution < -0.4 is 5.32 Å². The molecule has 4 nitrogen and oxygen atoms in total. The van der Waals surface area contributed by atoms with E-state index in [4.69, 9.17) is 0 Å². The highest BCUT2D eigenvalue weighted by atomic mass is 16.3. The minimum atomic E-state index is -0.326. The Morgan fingerprint density at radius 2 is 1.75 bits per heavy atom. The van der Waals surface area contributed by atoms with Crippen LogP contribution in [0.3, 0.4) is 0 Å². The van der Waals surface area contributed by atoms with Gasteiger partial charge < -0.3 is 10.4 Å². The number of benzene rings is 2. The Hall–Kier alpha value is -2.88. The highest BCUT2D eigenvalue weighted by molar-refractivity contribution is 6.09. The first-order valence-corrected chi connectivity index (χ1v) is 7.80. The zero-order valence-electron chi connectivity index (χ0n) is 14.0. The Morgan fingerprint density at radius 1 is 1.08 bits per heavy atom. The van der Waals surface area contributed by atoms with Crippen molar-refractivity contribution >= 4 is 23.5 Å². The second-order valence-electron chi connectivity index (χ2n) is 5.93. The topological polar surface area (TPSA) is 66.4 Å². The number of hydrogen-bond donors (Lipinski definition) is 2. The van der Waals surface area contributed by atoms with Crippen molar-refractivity contribution < 1.29 is 14.7 Å². The van der Waals surface area contributed by atoms with Crippen LogP contribution in [-0.2, 0) is 4.79 Å². The van der Waals surface area contributed by atoms with Crippen molar-refractivity contribution in [3.8, 4) is 5.75 Å². The Bertz CT molecular complexity index is 774. The summed E-state index contributed by atoms with van der Waals surface area (Å²) in [5.74, 6) is -0.223. The maximum Gasteiger partial charge on any atom is 0.221 e. The number of hydrogen-bond acceptors (Lipinski definition) is 3. The molecule has 0 bridgehead atoms. The van der Waals surface area contributed by atoms with Crippen LogP contribution >= 0.6 is 0 Å². The lowest BCUT2D eigenvalue weighted by atomic mass is 10.0. The minimum absolute atomic E-state index is 0.117. The molecule has 0 fully saturated rings. The third-order valence-corrected chi connectivity index (χ3v) is 3.61. The van der Waals surface area contributed by atoms with E-state index >= 15 is 0 Å². The summed E-state index contributed by atoms with van der Waals surface area (Å²) in [5.41, 5.74) is 2.76. The molecule has 2 aromatic rings. The van der Waals surface area contributed by atoms with E-state index in [1.165, 1.54) is 30.7 Å². The van der Waals surface area contributed by atoms with Crippen molar-refractivity contribution in [2.24, 2.45) is 0 Å². The molecule has 4 heteroatoms. The number of allylic oxidation sites excluding steroid dienone is 1. The molecule has 0 aliphatic rings. The van der Waals surface area contributed by atoms with Gasteiger partial charge in [0.1, 0.15) is 5.75 Å². The number of phenolic OH excluding ortho intramolecular Hbond substituents is 1. The number of carbonyl (C=O) groups excluding carboxylic acids is 2. The number of nitrogens with one attached hydrogen (secondary N) is 1. The van der Waals surface area contributed by atoms with E-state index in [0.717, 1.165) is 5.56 Å². The highest BCUT2D eigenvalue weighted by Crippen LogP contribution is 2.23. The second-order valence-corrected chi connectivity index (χ2v) is 5.93. The van der Waals surface area contributed by atoms with Gasteiger partial charge in [0, 0.05) is 12.6 Å². The summed E-state index contributed by atoms with van der Waals surface area (Å²) in [4.78, 5) is 23.4. The lowest BCUT2D eigenvalue weighted by Gasteiger charge is -2.06. The van der Waals surface area contributed by atoms with Crippen LogP contribution in [0.25, 0.3) is 6.08 Å². The van der Waals surface area contributed by atoms with E-state index in [9.17, 15) is 14.7 Å². The van der Waals surface area contributed by atoms with Crippen LogP contribution in [0.5, 0.6) is 5.75 Å². The van der Waals surface area contributed by atoms with E-state index < -0.39 is 0 Å². The molecule has 24 heavy (non-hydrogen) atoms. The SMILES string of the molecule is CC(=O)Nc1ccc(O)c(C(=O)/C=C/c2ccc(C(C)C)cc2)c1. The third kappa shape index (κ3) is 4.56. The van der Waals surface area contributed by atoms with Gasteiger partial charge in [-0.25, -0.2) is 0 Å². The van der Waals surface area contributed by atoms with Crippen molar-refractivity contribution in [1.82, 2.24) is 0 Å². The van der Waals surface area contributed by atoms with E-state index in [2.05, 4.69) is 19.2 Å². The lowest BCUT2D eigenvalue weighted by Crippen LogP contribution is -2.06. The largest absolute Gasteiger partial charge is 0.507 e. The lowest BCUT2D eigenvalue weighted by molar-refractivity contribution is -0.114. The number of amides is 1. The van der Waals surface area contributed by atoms with Crippen molar-refractivity contribution in [1.29, 1.82) is 0 Å². The highest BCUT2D eigenvalue weighted by Gasteiger charge is 2.10. The molecule has 2 rings (SSSR count). The van der Waals surface area contributed by atoms with Crippen molar-refractivity contribution in [3.05, 3.63) is 65.2 Å². The fourth-order valence-corrected chi connectivity index (χ4v) is 2.27. The summed E-state index contributed by atoms with van der Waals surface area (Å²) in [5, 5.41) is 12.5. The summed E-state index contributed by atoms with van der Waals surface area (Å²) in [6.07, 6.45) is 3.12. The van der Waals surface area contributed by atoms with Crippen LogP contribution in [0.15, 0.2) is 48.5 Å². The molecule has 0 radical (unpaired) electrons. The molecule has 0 aliphatic carbocycles. The summed E-state index contributed by atoms with van der Waals surface area (Å²) in [6.45, 7) is 5.63. The molecule has 2 N–H and O–H groups in total. The standard InChI is InChI=1S/C20H21NO3/c1-13(2)16-7-4-15(5-8-16)6-10-19(23)18-12-17(21-14(3)22)9-11-20(18)24/h4-13,24H,1-3H3,(H,21,22)/b10-6+. The third-order valence-electron chi connectivity index (χ3n) is 3.61.